The van der Waals surface area contributed by atoms with Crippen LogP contribution in [0.5, 0.6) is 0 Å². The highest BCUT2D eigenvalue weighted by molar-refractivity contribution is 5.91. The summed E-state index contributed by atoms with van der Waals surface area (Å²) in [6, 6.07) is 14.8. The number of aryl methyl sites for hydroxylation is 3. The second-order valence-corrected chi connectivity index (χ2v) is 7.64. The summed E-state index contributed by atoms with van der Waals surface area (Å²) < 4.78 is 6.20. The van der Waals surface area contributed by atoms with E-state index in [1.54, 1.807) is 0 Å². The Bertz CT molecular complexity index is 1020. The highest BCUT2D eigenvalue weighted by atomic mass is 16.3. The van der Waals surface area contributed by atoms with Gasteiger partial charge in [-0.05, 0) is 54.9 Å². The van der Waals surface area contributed by atoms with Crippen LogP contribution in [0.15, 0.2) is 53.0 Å². The Morgan fingerprint density at radius 1 is 1.10 bits per heavy atom. The molecule has 1 aliphatic rings. The molecule has 0 saturated carbocycles. The van der Waals surface area contributed by atoms with Crippen molar-refractivity contribution in [2.24, 2.45) is 0 Å². The Morgan fingerprint density at radius 2 is 1.93 bits per heavy atom. The van der Waals surface area contributed by atoms with E-state index in [1.807, 2.05) is 6.92 Å². The van der Waals surface area contributed by atoms with Crippen molar-refractivity contribution in [2.45, 2.75) is 51.9 Å². The largest absolute Gasteiger partial charge is 0.440 e. The van der Waals surface area contributed by atoms with E-state index in [4.69, 9.17) is 9.40 Å². The van der Waals surface area contributed by atoms with E-state index in [-0.39, 0.29) is 5.91 Å². The molecule has 1 amide bonds. The predicted molar refractivity (Wildman–Crippen MR) is 117 cm³/mol. The van der Waals surface area contributed by atoms with Crippen molar-refractivity contribution in [2.75, 3.05) is 6.54 Å². The summed E-state index contributed by atoms with van der Waals surface area (Å²) in [7, 11) is 0. The average molecular weight is 389 g/mol. The lowest BCUT2D eigenvalue weighted by Crippen LogP contribution is -2.22. The zero-order valence-electron chi connectivity index (χ0n) is 17.0. The van der Waals surface area contributed by atoms with E-state index in [2.05, 4.69) is 53.9 Å². The van der Waals surface area contributed by atoms with Gasteiger partial charge in [-0.2, -0.15) is 0 Å². The molecule has 2 aromatic carbocycles. The Labute approximate surface area is 172 Å². The normalized spacial score (nSPS) is 14.4. The van der Waals surface area contributed by atoms with Crippen LogP contribution in [0, 0.1) is 0 Å². The number of rotatable bonds is 8. The maximum absolute atomic E-state index is 11.5. The smallest absolute Gasteiger partial charge is 0.219 e. The average Bonchev–Trinajstić information content (AvgIpc) is 3.35. The number of amides is 1. The van der Waals surface area contributed by atoms with Crippen molar-refractivity contribution in [1.29, 1.82) is 0 Å². The fraction of sp³-hybridized carbons (Fsp3) is 0.360. The molecule has 0 atom stereocenters. The third kappa shape index (κ3) is 4.58. The second kappa shape index (κ2) is 9.08. The molecule has 150 valence electrons. The fourth-order valence-electron chi connectivity index (χ4n) is 4.01. The number of aromatic nitrogens is 1. The van der Waals surface area contributed by atoms with Gasteiger partial charge in [0.15, 0.2) is 11.5 Å². The standard InChI is InChI=1S/C25H28N2O2/c1-2-22(28)26-17-16-20-13-12-19-14-15-21-25(24(19)20)29-23(27-21)11-7-6-10-18-8-4-3-5-9-18/h3-5,8-9,14-16H,2,6-7,10-13,17H2,1H3,(H,26,28). The Morgan fingerprint density at radius 3 is 2.76 bits per heavy atom. The molecule has 4 rings (SSSR count). The summed E-state index contributed by atoms with van der Waals surface area (Å²) in [5.41, 5.74) is 6.99. The number of unbranched alkanes of at least 4 members (excludes halogenated alkanes) is 1. The van der Waals surface area contributed by atoms with Crippen LogP contribution >= 0.6 is 0 Å². The lowest BCUT2D eigenvalue weighted by molar-refractivity contribution is -0.120. The third-order valence-corrected chi connectivity index (χ3v) is 5.59. The van der Waals surface area contributed by atoms with Gasteiger partial charge in [-0.15, -0.1) is 0 Å². The molecule has 1 heterocycles. The number of benzene rings is 2. The summed E-state index contributed by atoms with van der Waals surface area (Å²) in [5, 5.41) is 2.93. The summed E-state index contributed by atoms with van der Waals surface area (Å²) in [4.78, 5) is 16.2. The lowest BCUT2D eigenvalue weighted by atomic mass is 10.1. The number of carbonyl (C=O) groups excluding carboxylic acids is 1. The minimum atomic E-state index is 0.0794. The van der Waals surface area contributed by atoms with Gasteiger partial charge in [-0.1, -0.05) is 49.4 Å². The molecule has 0 radical (unpaired) electrons. The molecule has 0 saturated heterocycles. The van der Waals surface area contributed by atoms with E-state index >= 15 is 0 Å². The Balaban J connectivity index is 1.43. The van der Waals surface area contributed by atoms with Crippen LogP contribution < -0.4 is 5.32 Å². The van der Waals surface area contributed by atoms with Gasteiger partial charge in [0, 0.05) is 24.9 Å². The van der Waals surface area contributed by atoms with Crippen LogP contribution in [0.3, 0.4) is 0 Å². The highest BCUT2D eigenvalue weighted by Crippen LogP contribution is 2.38. The van der Waals surface area contributed by atoms with Gasteiger partial charge in [0.25, 0.3) is 0 Å². The van der Waals surface area contributed by atoms with Gasteiger partial charge in [-0.3, -0.25) is 4.79 Å². The first-order chi connectivity index (χ1) is 14.2. The van der Waals surface area contributed by atoms with Gasteiger partial charge >= 0.3 is 0 Å². The van der Waals surface area contributed by atoms with Crippen LogP contribution in [-0.4, -0.2) is 17.4 Å². The zero-order chi connectivity index (χ0) is 20.1. The van der Waals surface area contributed by atoms with Gasteiger partial charge < -0.3 is 9.73 Å². The first-order valence-corrected chi connectivity index (χ1v) is 10.7. The first-order valence-electron chi connectivity index (χ1n) is 10.7. The molecule has 0 spiro atoms. The Hall–Kier alpha value is -2.88. The monoisotopic (exact) mass is 388 g/mol. The molecule has 29 heavy (non-hydrogen) atoms. The molecule has 4 nitrogen and oxygen atoms in total. The summed E-state index contributed by atoms with van der Waals surface area (Å²) in [6.45, 7) is 2.44. The maximum Gasteiger partial charge on any atom is 0.219 e. The van der Waals surface area contributed by atoms with Gasteiger partial charge in [0.05, 0.1) is 0 Å². The van der Waals surface area contributed by atoms with Gasteiger partial charge in [0.2, 0.25) is 5.91 Å². The third-order valence-electron chi connectivity index (χ3n) is 5.59. The van der Waals surface area contributed by atoms with Crippen LogP contribution in [0.25, 0.3) is 16.7 Å². The van der Waals surface area contributed by atoms with Crippen molar-refractivity contribution in [1.82, 2.24) is 10.3 Å². The van der Waals surface area contributed by atoms with Gasteiger partial charge in [-0.25, -0.2) is 4.98 Å². The number of nitrogens with one attached hydrogen (secondary N) is 1. The molecular weight excluding hydrogens is 360 g/mol. The summed E-state index contributed by atoms with van der Waals surface area (Å²) >= 11 is 0. The number of hydrogen-bond acceptors (Lipinski definition) is 3. The second-order valence-electron chi connectivity index (χ2n) is 7.64. The molecule has 4 heteroatoms. The van der Waals surface area contributed by atoms with E-state index in [0.717, 1.165) is 55.5 Å². The maximum atomic E-state index is 11.5. The molecular formula is C25H28N2O2. The number of hydrogen-bond donors (Lipinski definition) is 1. The van der Waals surface area contributed by atoms with E-state index in [0.29, 0.717) is 13.0 Å². The van der Waals surface area contributed by atoms with E-state index in [1.165, 1.54) is 22.3 Å². The minimum Gasteiger partial charge on any atom is -0.440 e. The highest BCUT2D eigenvalue weighted by Gasteiger charge is 2.22. The molecule has 1 N–H and O–H groups in total. The molecule has 3 aromatic rings. The summed E-state index contributed by atoms with van der Waals surface area (Å²) in [5.74, 6) is 0.905. The molecule has 1 aromatic heterocycles. The van der Waals surface area contributed by atoms with Crippen LogP contribution in [-0.2, 0) is 24.1 Å². The molecule has 0 bridgehead atoms. The topological polar surface area (TPSA) is 55.1 Å². The van der Waals surface area contributed by atoms with Gasteiger partial charge in [0.1, 0.15) is 5.52 Å². The van der Waals surface area contributed by atoms with E-state index < -0.39 is 0 Å². The Kier molecular flexibility index (Phi) is 6.09. The van der Waals surface area contributed by atoms with E-state index in [9.17, 15) is 4.79 Å². The number of fused-ring (bicyclic) bond motifs is 3. The van der Waals surface area contributed by atoms with Crippen molar-refractivity contribution >= 4 is 22.6 Å². The lowest BCUT2D eigenvalue weighted by Gasteiger charge is -2.03. The minimum absolute atomic E-state index is 0.0794. The zero-order valence-corrected chi connectivity index (χ0v) is 17.0. The molecule has 0 unspecified atom stereocenters. The quantitative estimate of drug-likeness (QED) is 0.536. The van der Waals surface area contributed by atoms with Crippen molar-refractivity contribution in [3.05, 3.63) is 71.1 Å². The van der Waals surface area contributed by atoms with Crippen LogP contribution in [0.1, 0.15) is 55.2 Å². The van der Waals surface area contributed by atoms with Crippen molar-refractivity contribution < 1.29 is 9.21 Å². The van der Waals surface area contributed by atoms with Crippen molar-refractivity contribution in [3.8, 4) is 0 Å². The number of nitrogens with zero attached hydrogens (tertiary/aromatic N) is 1. The molecule has 0 aliphatic heterocycles. The van der Waals surface area contributed by atoms with Crippen LogP contribution in [0.4, 0.5) is 0 Å². The fourth-order valence-corrected chi connectivity index (χ4v) is 4.01. The number of oxazole rings is 1. The number of allylic oxidation sites excluding steroid dienone is 1. The van der Waals surface area contributed by atoms with Crippen molar-refractivity contribution in [3.63, 3.8) is 0 Å². The number of carbonyl (C=O) groups is 1. The predicted octanol–water partition coefficient (Wildman–Crippen LogP) is 5.25. The molecule has 0 fully saturated rings. The SMILES string of the molecule is CCC(=O)NCC=C1CCc2ccc3nc(CCCCc4ccccc4)oc3c21. The summed E-state index contributed by atoms with van der Waals surface area (Å²) in [6.07, 6.45) is 8.80. The molecule has 1 aliphatic carbocycles. The van der Waals surface area contributed by atoms with Crippen LogP contribution in [0.2, 0.25) is 0 Å². The first kappa shape index (κ1) is 19.4.